The molecule has 2 aromatic carbocycles. The zero-order valence-electron chi connectivity index (χ0n) is 13.3. The quantitative estimate of drug-likeness (QED) is 0.641. The van der Waals surface area contributed by atoms with Gasteiger partial charge >= 0.3 is 0 Å². The molecule has 3 aromatic rings. The Morgan fingerprint density at radius 1 is 1.15 bits per heavy atom. The zero-order chi connectivity index (χ0) is 18.3. The van der Waals surface area contributed by atoms with Gasteiger partial charge in [0.25, 0.3) is 15.9 Å². The summed E-state index contributed by atoms with van der Waals surface area (Å²) in [6, 6.07) is 13.4. The first-order valence-electron chi connectivity index (χ1n) is 7.69. The Morgan fingerprint density at radius 2 is 1.96 bits per heavy atom. The van der Waals surface area contributed by atoms with E-state index in [1.807, 2.05) is 6.07 Å². The third-order valence-electron chi connectivity index (χ3n) is 3.95. The van der Waals surface area contributed by atoms with Gasteiger partial charge in [-0.2, -0.15) is 8.42 Å². The smallest absolute Gasteiger partial charge is 0.286 e. The van der Waals surface area contributed by atoms with E-state index in [-0.39, 0.29) is 17.3 Å². The summed E-state index contributed by atoms with van der Waals surface area (Å²) >= 11 is 6.11. The number of anilines is 1. The van der Waals surface area contributed by atoms with Gasteiger partial charge in [0.2, 0.25) is 0 Å². The van der Waals surface area contributed by atoms with Crippen molar-refractivity contribution in [3.63, 3.8) is 0 Å². The summed E-state index contributed by atoms with van der Waals surface area (Å²) in [4.78, 5) is 15.4. The highest BCUT2D eigenvalue weighted by atomic mass is 35.5. The second kappa shape index (κ2) is 6.15. The lowest BCUT2D eigenvalue weighted by Crippen LogP contribution is -2.35. The number of rotatable bonds is 3. The molecule has 0 radical (unpaired) electrons. The molecule has 0 saturated heterocycles. The fraction of sp³-hybridized carbons (Fsp3) is 0.0588. The van der Waals surface area contributed by atoms with Crippen LogP contribution in [-0.2, 0) is 10.0 Å². The summed E-state index contributed by atoms with van der Waals surface area (Å²) in [7, 11) is -3.78. The first kappa shape index (κ1) is 16.6. The SMILES string of the molecule is O=C(NCC1=NS(=O)(=O)c2ccccc2N1)c1cc2c(Cl)cccc2[nH]1. The molecular weight excluding hydrogens is 376 g/mol. The van der Waals surface area contributed by atoms with Crippen molar-refractivity contribution < 1.29 is 13.2 Å². The molecule has 0 atom stereocenters. The fourth-order valence-electron chi connectivity index (χ4n) is 2.74. The number of aromatic nitrogens is 1. The normalized spacial score (nSPS) is 15.0. The van der Waals surface area contributed by atoms with Crippen LogP contribution in [0, 0.1) is 0 Å². The monoisotopic (exact) mass is 388 g/mol. The van der Waals surface area contributed by atoms with Crippen LogP contribution in [0.2, 0.25) is 5.02 Å². The van der Waals surface area contributed by atoms with Gasteiger partial charge in [0, 0.05) is 15.9 Å². The van der Waals surface area contributed by atoms with E-state index in [9.17, 15) is 13.2 Å². The number of H-pyrrole nitrogens is 1. The first-order valence-corrected chi connectivity index (χ1v) is 9.51. The topological polar surface area (TPSA) is 103 Å². The third kappa shape index (κ3) is 2.93. The number of nitrogens with zero attached hydrogens (tertiary/aromatic N) is 1. The number of nitrogens with one attached hydrogen (secondary N) is 3. The molecule has 0 aliphatic carbocycles. The van der Waals surface area contributed by atoms with E-state index in [4.69, 9.17) is 11.6 Å². The molecule has 4 rings (SSSR count). The van der Waals surface area contributed by atoms with E-state index in [2.05, 4.69) is 20.0 Å². The van der Waals surface area contributed by atoms with Crippen LogP contribution in [0.3, 0.4) is 0 Å². The lowest BCUT2D eigenvalue weighted by molar-refractivity contribution is 0.0955. The molecule has 0 bridgehead atoms. The lowest BCUT2D eigenvalue weighted by atomic mass is 10.2. The van der Waals surface area contributed by atoms with Crippen LogP contribution in [0.25, 0.3) is 10.9 Å². The molecule has 2 heterocycles. The highest BCUT2D eigenvalue weighted by Crippen LogP contribution is 2.26. The maximum atomic E-state index is 12.4. The van der Waals surface area contributed by atoms with Gasteiger partial charge in [-0.15, -0.1) is 4.40 Å². The molecule has 1 aliphatic heterocycles. The number of amides is 1. The number of fused-ring (bicyclic) bond motifs is 2. The summed E-state index contributed by atoms with van der Waals surface area (Å²) in [6.45, 7) is -0.0600. The molecule has 1 aromatic heterocycles. The molecule has 9 heteroatoms. The van der Waals surface area contributed by atoms with Crippen molar-refractivity contribution in [1.82, 2.24) is 10.3 Å². The number of carbonyl (C=O) groups is 1. The largest absolute Gasteiger partial charge is 0.350 e. The molecule has 1 aliphatic rings. The minimum atomic E-state index is -3.78. The van der Waals surface area contributed by atoms with Crippen LogP contribution in [0.4, 0.5) is 5.69 Å². The minimum Gasteiger partial charge on any atom is -0.350 e. The van der Waals surface area contributed by atoms with Crippen molar-refractivity contribution in [2.45, 2.75) is 4.90 Å². The number of hydrogen-bond acceptors (Lipinski definition) is 4. The van der Waals surface area contributed by atoms with Crippen LogP contribution >= 0.6 is 11.6 Å². The van der Waals surface area contributed by atoms with Gasteiger partial charge in [-0.3, -0.25) is 4.79 Å². The number of amidine groups is 1. The van der Waals surface area contributed by atoms with Crippen LogP contribution in [0.5, 0.6) is 0 Å². The second-order valence-electron chi connectivity index (χ2n) is 5.70. The molecule has 3 N–H and O–H groups in total. The summed E-state index contributed by atoms with van der Waals surface area (Å²) < 4.78 is 28.1. The Kier molecular flexibility index (Phi) is 3.93. The van der Waals surface area contributed by atoms with Gasteiger partial charge in [-0.1, -0.05) is 29.8 Å². The van der Waals surface area contributed by atoms with E-state index in [1.165, 1.54) is 6.07 Å². The average molecular weight is 389 g/mol. The first-order chi connectivity index (χ1) is 12.4. The molecule has 0 unspecified atom stereocenters. The minimum absolute atomic E-state index is 0.0600. The average Bonchev–Trinajstić information content (AvgIpc) is 3.05. The standard InChI is InChI=1S/C17H13ClN4O3S/c18-11-4-3-6-12-10(11)8-14(20-12)17(23)19-9-16-21-13-5-1-2-7-15(13)26(24,25)22-16/h1-8,20H,9H2,(H,19,23)(H,21,22). The molecule has 0 fully saturated rings. The molecular formula is C17H13ClN4O3S. The van der Waals surface area contributed by atoms with Crippen molar-refractivity contribution in [1.29, 1.82) is 0 Å². The Labute approximate surface area is 154 Å². The summed E-state index contributed by atoms with van der Waals surface area (Å²) in [5, 5.41) is 6.85. The number of halogens is 1. The maximum absolute atomic E-state index is 12.4. The Balaban J connectivity index is 1.53. The number of benzene rings is 2. The summed E-state index contributed by atoms with van der Waals surface area (Å²) in [6.07, 6.45) is 0. The highest BCUT2D eigenvalue weighted by molar-refractivity contribution is 7.90. The summed E-state index contributed by atoms with van der Waals surface area (Å²) in [5.74, 6) is -0.246. The molecule has 7 nitrogen and oxygen atoms in total. The van der Waals surface area contributed by atoms with Crippen LogP contribution in [0.15, 0.2) is 57.8 Å². The Bertz CT molecular complexity index is 1170. The van der Waals surface area contributed by atoms with Gasteiger partial charge in [-0.05, 0) is 30.3 Å². The number of carbonyl (C=O) groups excluding carboxylic acids is 1. The molecule has 132 valence electrons. The number of sulfonamides is 1. The van der Waals surface area contributed by atoms with Crippen molar-refractivity contribution in [3.05, 3.63) is 59.2 Å². The summed E-state index contributed by atoms with van der Waals surface area (Å²) in [5.41, 5.74) is 1.50. The van der Waals surface area contributed by atoms with Crippen molar-refractivity contribution in [3.8, 4) is 0 Å². The van der Waals surface area contributed by atoms with E-state index in [1.54, 1.807) is 36.4 Å². The predicted molar refractivity (Wildman–Crippen MR) is 100 cm³/mol. The van der Waals surface area contributed by atoms with Crippen molar-refractivity contribution in [2.75, 3.05) is 11.9 Å². The van der Waals surface area contributed by atoms with Gasteiger partial charge < -0.3 is 15.6 Å². The Morgan fingerprint density at radius 3 is 2.77 bits per heavy atom. The van der Waals surface area contributed by atoms with Crippen LogP contribution < -0.4 is 10.6 Å². The molecule has 1 amide bonds. The maximum Gasteiger partial charge on any atom is 0.286 e. The van der Waals surface area contributed by atoms with Gasteiger partial charge in [0.1, 0.15) is 16.4 Å². The van der Waals surface area contributed by atoms with E-state index >= 15 is 0 Å². The van der Waals surface area contributed by atoms with E-state index < -0.39 is 15.9 Å². The van der Waals surface area contributed by atoms with Gasteiger partial charge in [-0.25, -0.2) is 0 Å². The highest BCUT2D eigenvalue weighted by Gasteiger charge is 2.24. The van der Waals surface area contributed by atoms with Crippen LogP contribution in [0.1, 0.15) is 10.5 Å². The second-order valence-corrected chi connectivity index (χ2v) is 7.68. The van der Waals surface area contributed by atoms with Crippen molar-refractivity contribution in [2.24, 2.45) is 4.40 Å². The van der Waals surface area contributed by atoms with Gasteiger partial charge in [0.05, 0.1) is 12.2 Å². The molecule has 0 spiro atoms. The number of aromatic amines is 1. The number of para-hydroxylation sites is 1. The predicted octanol–water partition coefficient (Wildman–Crippen LogP) is 2.76. The van der Waals surface area contributed by atoms with Crippen LogP contribution in [-0.4, -0.2) is 31.7 Å². The number of hydrogen-bond donors (Lipinski definition) is 3. The van der Waals surface area contributed by atoms with Gasteiger partial charge in [0.15, 0.2) is 0 Å². The molecule has 0 saturated carbocycles. The van der Waals surface area contributed by atoms with E-state index in [0.717, 1.165) is 10.9 Å². The Hall–Kier alpha value is -2.84. The molecule has 26 heavy (non-hydrogen) atoms. The zero-order valence-corrected chi connectivity index (χ0v) is 14.9. The van der Waals surface area contributed by atoms with Crippen molar-refractivity contribution >= 4 is 50.0 Å². The van der Waals surface area contributed by atoms with E-state index in [0.29, 0.717) is 16.4 Å². The lowest BCUT2D eigenvalue weighted by Gasteiger charge is -2.18. The fourth-order valence-corrected chi connectivity index (χ4v) is 4.12. The third-order valence-corrected chi connectivity index (χ3v) is 5.65.